The minimum Gasteiger partial charge on any atom is -0.381 e. The summed E-state index contributed by atoms with van der Waals surface area (Å²) in [7, 11) is 0. The van der Waals surface area contributed by atoms with Crippen LogP contribution in [0.1, 0.15) is 19.8 Å². The highest BCUT2D eigenvalue weighted by atomic mass is 14.9. The van der Waals surface area contributed by atoms with Gasteiger partial charge in [0.1, 0.15) is 0 Å². The Bertz CT molecular complexity index is 505. The smallest absolute Gasteiger partial charge is 0.0703 e. The molecule has 1 aromatic carbocycles. The lowest BCUT2D eigenvalue weighted by Crippen LogP contribution is -2.14. The summed E-state index contributed by atoms with van der Waals surface area (Å²) in [6.45, 7) is 5.92. The molecule has 2 rings (SSSR count). The zero-order valence-corrected chi connectivity index (χ0v) is 10.2. The van der Waals surface area contributed by atoms with Gasteiger partial charge in [0.2, 0.25) is 0 Å². The van der Waals surface area contributed by atoms with Gasteiger partial charge < -0.3 is 5.32 Å². The maximum atomic E-state index is 4.43. The Morgan fingerprint density at radius 2 is 2.24 bits per heavy atom. The van der Waals surface area contributed by atoms with Crippen LogP contribution < -0.4 is 5.32 Å². The lowest BCUT2D eigenvalue weighted by molar-refractivity contribution is 0.719. The molecule has 1 atom stereocenters. The van der Waals surface area contributed by atoms with Gasteiger partial charge in [-0.15, -0.1) is 6.58 Å². The van der Waals surface area contributed by atoms with Crippen LogP contribution in [-0.2, 0) is 0 Å². The van der Waals surface area contributed by atoms with E-state index in [1.54, 1.807) is 0 Å². The Balaban J connectivity index is 2.11. The molecule has 17 heavy (non-hydrogen) atoms. The van der Waals surface area contributed by atoms with Gasteiger partial charge in [-0.3, -0.25) is 4.98 Å². The number of benzene rings is 1. The summed E-state index contributed by atoms with van der Waals surface area (Å²) in [4.78, 5) is 4.43. The van der Waals surface area contributed by atoms with Crippen LogP contribution in [0.25, 0.3) is 10.9 Å². The third-order valence-corrected chi connectivity index (χ3v) is 2.81. The van der Waals surface area contributed by atoms with Crippen molar-refractivity contribution in [3.05, 3.63) is 49.2 Å². The molecule has 0 saturated carbocycles. The summed E-state index contributed by atoms with van der Waals surface area (Å²) in [5, 5.41) is 4.63. The fourth-order valence-electron chi connectivity index (χ4n) is 1.87. The molecule has 2 nitrogen and oxygen atoms in total. The highest BCUT2D eigenvalue weighted by Crippen LogP contribution is 2.17. The molecule has 1 N–H and O–H groups in total. The summed E-state index contributed by atoms with van der Waals surface area (Å²) >= 11 is 0. The highest BCUT2D eigenvalue weighted by molar-refractivity contribution is 5.81. The van der Waals surface area contributed by atoms with E-state index in [2.05, 4.69) is 35.9 Å². The number of hydrogen-bond donors (Lipinski definition) is 1. The van der Waals surface area contributed by atoms with Crippen molar-refractivity contribution in [1.82, 2.24) is 4.98 Å². The van der Waals surface area contributed by atoms with Gasteiger partial charge >= 0.3 is 0 Å². The van der Waals surface area contributed by atoms with E-state index in [0.717, 1.165) is 24.0 Å². The molecule has 2 aromatic rings. The third-order valence-electron chi connectivity index (χ3n) is 2.81. The van der Waals surface area contributed by atoms with Crippen molar-refractivity contribution in [2.24, 2.45) is 0 Å². The maximum absolute atomic E-state index is 4.43. The molecule has 0 radical (unpaired) electrons. The summed E-state index contributed by atoms with van der Waals surface area (Å²) in [6.07, 6.45) is 5.98. The molecule has 0 bridgehead atoms. The molecule has 1 heterocycles. The molecule has 2 heteroatoms. The Kier molecular flexibility index (Phi) is 3.76. The first-order valence-corrected chi connectivity index (χ1v) is 6.02. The van der Waals surface area contributed by atoms with Gasteiger partial charge in [-0.25, -0.2) is 0 Å². The van der Waals surface area contributed by atoms with Gasteiger partial charge in [-0.2, -0.15) is 0 Å². The Hall–Kier alpha value is -1.83. The van der Waals surface area contributed by atoms with Crippen LogP contribution in [0.15, 0.2) is 49.2 Å². The van der Waals surface area contributed by atoms with Crippen molar-refractivity contribution in [3.63, 3.8) is 0 Å². The largest absolute Gasteiger partial charge is 0.381 e. The third kappa shape index (κ3) is 3.06. The van der Waals surface area contributed by atoms with Crippen molar-refractivity contribution < 1.29 is 0 Å². The van der Waals surface area contributed by atoms with Crippen molar-refractivity contribution in [2.45, 2.75) is 25.8 Å². The van der Waals surface area contributed by atoms with Crippen LogP contribution in [0, 0.1) is 0 Å². The van der Waals surface area contributed by atoms with E-state index in [9.17, 15) is 0 Å². The molecule has 1 aromatic heterocycles. The van der Waals surface area contributed by atoms with Crippen LogP contribution in [-0.4, -0.2) is 11.0 Å². The summed E-state index contributed by atoms with van der Waals surface area (Å²) in [6, 6.07) is 10.7. The molecule has 88 valence electrons. The maximum Gasteiger partial charge on any atom is 0.0703 e. The molecule has 0 amide bonds. The lowest BCUT2D eigenvalue weighted by atomic mass is 10.1. The fraction of sp³-hybridized carbons (Fsp3) is 0.267. The second-order valence-electron chi connectivity index (χ2n) is 4.33. The number of anilines is 1. The quantitative estimate of drug-likeness (QED) is 0.779. The van der Waals surface area contributed by atoms with Gasteiger partial charge in [0.05, 0.1) is 17.4 Å². The Morgan fingerprint density at radius 1 is 1.41 bits per heavy atom. The fourth-order valence-corrected chi connectivity index (χ4v) is 1.87. The number of para-hydroxylation sites is 1. The van der Waals surface area contributed by atoms with Crippen LogP contribution >= 0.6 is 0 Å². The van der Waals surface area contributed by atoms with Crippen LogP contribution in [0.4, 0.5) is 5.69 Å². The number of nitrogens with zero attached hydrogens (tertiary/aromatic N) is 1. The van der Waals surface area contributed by atoms with Crippen molar-refractivity contribution in [1.29, 1.82) is 0 Å². The standard InChI is InChI=1S/C15H18N2/c1-3-4-7-12(2)17-14-10-13-8-5-6-9-15(13)16-11-14/h3,5-6,8-12,17H,1,4,7H2,2H3. The molecular formula is C15H18N2. The zero-order valence-electron chi connectivity index (χ0n) is 10.2. The van der Waals surface area contributed by atoms with Crippen LogP contribution in [0.5, 0.6) is 0 Å². The van der Waals surface area contributed by atoms with E-state index < -0.39 is 0 Å². The van der Waals surface area contributed by atoms with E-state index in [0.29, 0.717) is 6.04 Å². The number of nitrogens with one attached hydrogen (secondary N) is 1. The zero-order chi connectivity index (χ0) is 12.1. The average Bonchev–Trinajstić information content (AvgIpc) is 2.36. The monoisotopic (exact) mass is 226 g/mol. The molecule has 0 aliphatic carbocycles. The van der Waals surface area contributed by atoms with Gasteiger partial charge in [0, 0.05) is 11.4 Å². The number of allylic oxidation sites excluding steroid dienone is 1. The number of rotatable bonds is 5. The number of pyridine rings is 1. The van der Waals surface area contributed by atoms with Crippen molar-refractivity contribution >= 4 is 16.6 Å². The second-order valence-corrected chi connectivity index (χ2v) is 4.33. The molecule has 0 aliphatic heterocycles. The molecule has 0 aliphatic rings. The van der Waals surface area contributed by atoms with Gasteiger partial charge in [-0.05, 0) is 31.9 Å². The number of aromatic nitrogens is 1. The average molecular weight is 226 g/mol. The van der Waals surface area contributed by atoms with Gasteiger partial charge in [-0.1, -0.05) is 24.3 Å². The number of fused-ring (bicyclic) bond motifs is 1. The van der Waals surface area contributed by atoms with E-state index in [-0.39, 0.29) is 0 Å². The van der Waals surface area contributed by atoms with E-state index in [1.807, 2.05) is 30.5 Å². The minimum atomic E-state index is 0.441. The normalized spacial score (nSPS) is 12.3. The van der Waals surface area contributed by atoms with Crippen LogP contribution in [0.3, 0.4) is 0 Å². The minimum absolute atomic E-state index is 0.441. The predicted molar refractivity (Wildman–Crippen MR) is 74.3 cm³/mol. The van der Waals surface area contributed by atoms with Crippen molar-refractivity contribution in [3.8, 4) is 0 Å². The topological polar surface area (TPSA) is 24.9 Å². The van der Waals surface area contributed by atoms with Crippen molar-refractivity contribution in [2.75, 3.05) is 5.32 Å². The van der Waals surface area contributed by atoms with Gasteiger partial charge in [0.25, 0.3) is 0 Å². The molecule has 0 spiro atoms. The summed E-state index contributed by atoms with van der Waals surface area (Å²) in [5.41, 5.74) is 2.12. The first-order chi connectivity index (χ1) is 8.29. The first kappa shape index (κ1) is 11.6. The van der Waals surface area contributed by atoms with Crippen LogP contribution in [0.2, 0.25) is 0 Å². The first-order valence-electron chi connectivity index (χ1n) is 6.02. The highest BCUT2D eigenvalue weighted by Gasteiger charge is 2.02. The Morgan fingerprint density at radius 3 is 3.06 bits per heavy atom. The Labute approximate surface area is 102 Å². The molecule has 1 unspecified atom stereocenters. The summed E-state index contributed by atoms with van der Waals surface area (Å²) < 4.78 is 0. The molecule has 0 fully saturated rings. The van der Waals surface area contributed by atoms with Gasteiger partial charge in [0.15, 0.2) is 0 Å². The van der Waals surface area contributed by atoms with E-state index in [4.69, 9.17) is 0 Å². The second kappa shape index (κ2) is 5.48. The summed E-state index contributed by atoms with van der Waals surface area (Å²) in [5.74, 6) is 0. The van der Waals surface area contributed by atoms with E-state index in [1.165, 1.54) is 5.39 Å². The molecular weight excluding hydrogens is 208 g/mol. The predicted octanol–water partition coefficient (Wildman–Crippen LogP) is 4.00. The lowest BCUT2D eigenvalue weighted by Gasteiger charge is -2.14. The number of hydrogen-bond acceptors (Lipinski definition) is 2. The SMILES string of the molecule is C=CCCC(C)Nc1cnc2ccccc2c1. The van der Waals surface area contributed by atoms with E-state index >= 15 is 0 Å². The molecule has 0 saturated heterocycles.